The van der Waals surface area contributed by atoms with E-state index in [0.717, 1.165) is 38.5 Å². The molecule has 238 valence electrons. The fraction of sp³-hybridized carbons (Fsp3) is 0.800. The van der Waals surface area contributed by atoms with E-state index >= 15 is 0 Å². The van der Waals surface area contributed by atoms with Gasteiger partial charge < -0.3 is 20.7 Å². The molecule has 44 heavy (non-hydrogen) atoms. The number of aliphatic hydroxyl groups is 1. The SMILES string of the molecule is C[C@]12CCC[C@]34CC[C@@H](CO)[C@](N)([C@@H]5C#CC6(CCCCC6)c6cc(O)ccc6C[C@@H]6C[C@H](CC7(CCCC7)C6)[C@@]5(C3)O1)[C@@H]42. The Bertz CT molecular complexity index is 1400. The van der Waals surface area contributed by atoms with Gasteiger partial charge in [0.2, 0.25) is 0 Å². The zero-order valence-electron chi connectivity index (χ0n) is 27.1. The molecular weight excluding hydrogens is 542 g/mol. The van der Waals surface area contributed by atoms with Crippen LogP contribution in [0.5, 0.6) is 5.75 Å². The van der Waals surface area contributed by atoms with Crippen LogP contribution in [0.4, 0.5) is 0 Å². The number of phenols is 1. The Hall–Kier alpha value is -1.54. The molecular formula is C40H55NO3. The summed E-state index contributed by atoms with van der Waals surface area (Å²) in [5.41, 5.74) is 10.1. The monoisotopic (exact) mass is 597 g/mol. The van der Waals surface area contributed by atoms with E-state index in [1.54, 1.807) is 0 Å². The highest BCUT2D eigenvalue weighted by molar-refractivity contribution is 5.48. The third kappa shape index (κ3) is 3.70. The standard InChI is InChI=1S/C40H55NO3/c1-35-12-7-17-38-18-10-29(25-42)40(41,34(35)38)33-11-19-37(15-3-2-4-16-37)32-22-31(43)9-8-28(32)20-27-21-30(39(33,26-38)44-35)24-36(23-27)13-5-6-14-36/h8-9,22,27,29-30,33-34,42-43H,2-7,10,12-18,20-21,23-26,41H2,1H3/t27-,29+,30-,33-,34-,35-,38+,39-,40+/m1/s1. The molecule has 4 N–H and O–H groups in total. The number of phenolic OH excluding ortho intramolecular Hbond substituents is 1. The Morgan fingerprint density at radius 2 is 1.75 bits per heavy atom. The van der Waals surface area contributed by atoms with E-state index in [1.165, 1.54) is 94.6 Å². The zero-order valence-corrected chi connectivity index (χ0v) is 27.1. The van der Waals surface area contributed by atoms with Gasteiger partial charge in [0.25, 0.3) is 0 Å². The highest BCUT2D eigenvalue weighted by Gasteiger charge is 2.80. The van der Waals surface area contributed by atoms with Crippen LogP contribution in [0.3, 0.4) is 0 Å². The van der Waals surface area contributed by atoms with Crippen molar-refractivity contribution in [3.8, 4) is 17.6 Å². The van der Waals surface area contributed by atoms with Gasteiger partial charge in [-0.2, -0.15) is 0 Å². The van der Waals surface area contributed by atoms with E-state index in [2.05, 4.69) is 30.9 Å². The second-order valence-corrected chi connectivity index (χ2v) is 17.9. The van der Waals surface area contributed by atoms with E-state index in [0.29, 0.717) is 23.0 Å². The Morgan fingerprint density at radius 1 is 0.955 bits per heavy atom. The molecule has 3 spiro atoms. The third-order valence-electron chi connectivity index (χ3n) is 15.7. The molecule has 0 unspecified atom stereocenters. The maximum atomic E-state index is 11.1. The van der Waals surface area contributed by atoms with Crippen LogP contribution in [0.1, 0.15) is 134 Å². The lowest BCUT2D eigenvalue weighted by Gasteiger charge is -2.79. The minimum absolute atomic E-state index is 0.0587. The van der Waals surface area contributed by atoms with Gasteiger partial charge in [-0.05, 0) is 136 Å². The number of hydrogen-bond acceptors (Lipinski definition) is 4. The molecule has 4 nitrogen and oxygen atoms in total. The first-order chi connectivity index (χ1) is 21.2. The van der Waals surface area contributed by atoms with Crippen LogP contribution in [0, 0.1) is 52.3 Å². The van der Waals surface area contributed by atoms with Crippen LogP contribution in [0.2, 0.25) is 0 Å². The largest absolute Gasteiger partial charge is 0.508 e. The van der Waals surface area contributed by atoms with Crippen LogP contribution in [0.15, 0.2) is 18.2 Å². The number of hydrogen-bond donors (Lipinski definition) is 3. The fourth-order valence-corrected chi connectivity index (χ4v) is 14.5. The third-order valence-corrected chi connectivity index (χ3v) is 15.7. The lowest BCUT2D eigenvalue weighted by molar-refractivity contribution is -0.383. The van der Waals surface area contributed by atoms with Gasteiger partial charge in [-0.1, -0.05) is 56.4 Å². The van der Waals surface area contributed by atoms with Gasteiger partial charge in [0.1, 0.15) is 5.75 Å². The second kappa shape index (κ2) is 9.51. The summed E-state index contributed by atoms with van der Waals surface area (Å²) < 4.78 is 7.85. The van der Waals surface area contributed by atoms with Crippen molar-refractivity contribution in [3.63, 3.8) is 0 Å². The molecule has 0 amide bonds. The molecule has 7 aliphatic carbocycles. The smallest absolute Gasteiger partial charge is 0.115 e. The Labute approximate surface area is 265 Å². The van der Waals surface area contributed by atoms with E-state index in [9.17, 15) is 10.2 Å². The summed E-state index contributed by atoms with van der Waals surface area (Å²) in [7, 11) is 0. The average Bonchev–Trinajstić information content (AvgIpc) is 3.43. The van der Waals surface area contributed by atoms with Crippen LogP contribution < -0.4 is 5.73 Å². The van der Waals surface area contributed by atoms with Crippen LogP contribution in [0.25, 0.3) is 0 Å². The van der Waals surface area contributed by atoms with Crippen LogP contribution >= 0.6 is 0 Å². The molecule has 10 rings (SSSR count). The maximum Gasteiger partial charge on any atom is 0.115 e. The number of aliphatic hydroxyl groups excluding tert-OH is 1. The van der Waals surface area contributed by atoms with E-state index in [-0.39, 0.29) is 46.4 Å². The number of nitrogens with two attached hydrogens (primary N) is 1. The summed E-state index contributed by atoms with van der Waals surface area (Å²) in [6, 6.07) is 6.28. The van der Waals surface area contributed by atoms with Crippen molar-refractivity contribution in [2.45, 2.75) is 151 Å². The van der Waals surface area contributed by atoms with Crippen LogP contribution in [-0.4, -0.2) is 33.6 Å². The molecule has 0 radical (unpaired) electrons. The first kappa shape index (κ1) is 28.7. The number of ether oxygens (including phenoxy) is 1. The van der Waals surface area contributed by atoms with E-state index < -0.39 is 5.54 Å². The summed E-state index contributed by atoms with van der Waals surface area (Å²) in [5.74, 6) is 9.91. The van der Waals surface area contributed by atoms with Crippen molar-refractivity contribution in [2.75, 3.05) is 6.61 Å². The minimum Gasteiger partial charge on any atom is -0.508 e. The molecule has 0 aromatic heterocycles. The first-order valence-electron chi connectivity index (χ1n) is 18.6. The van der Waals surface area contributed by atoms with Gasteiger partial charge in [-0.25, -0.2) is 0 Å². The lowest BCUT2D eigenvalue weighted by Crippen LogP contribution is -2.86. The van der Waals surface area contributed by atoms with Crippen molar-refractivity contribution in [1.29, 1.82) is 0 Å². The van der Waals surface area contributed by atoms with Gasteiger partial charge >= 0.3 is 0 Å². The molecule has 7 bridgehead atoms. The van der Waals surface area contributed by atoms with Gasteiger partial charge in [-0.15, -0.1) is 0 Å². The number of rotatable bonds is 1. The maximum absolute atomic E-state index is 11.1. The topological polar surface area (TPSA) is 75.7 Å². The first-order valence-corrected chi connectivity index (χ1v) is 18.6. The predicted octanol–water partition coefficient (Wildman–Crippen LogP) is 7.56. The summed E-state index contributed by atoms with van der Waals surface area (Å²) in [4.78, 5) is 0. The number of aromatic hydroxyl groups is 1. The van der Waals surface area contributed by atoms with Crippen molar-refractivity contribution in [2.24, 2.45) is 46.2 Å². The number of fused-ring (bicyclic) bond motifs is 4. The molecule has 2 saturated heterocycles. The molecule has 8 fully saturated rings. The summed E-state index contributed by atoms with van der Waals surface area (Å²) in [5, 5.41) is 21.9. The second-order valence-electron chi connectivity index (χ2n) is 17.9. The van der Waals surface area contributed by atoms with Crippen molar-refractivity contribution in [3.05, 3.63) is 29.3 Å². The molecule has 1 aromatic rings. The summed E-state index contributed by atoms with van der Waals surface area (Å²) in [6.07, 6.45) is 23.0. The lowest BCUT2D eigenvalue weighted by atomic mass is 9.33. The van der Waals surface area contributed by atoms with Crippen molar-refractivity contribution >= 4 is 0 Å². The summed E-state index contributed by atoms with van der Waals surface area (Å²) in [6.45, 7) is 2.59. The Morgan fingerprint density at radius 3 is 2.55 bits per heavy atom. The molecule has 9 atom stereocenters. The van der Waals surface area contributed by atoms with E-state index in [1.807, 2.05) is 6.07 Å². The normalized spacial score (nSPS) is 47.7. The minimum atomic E-state index is -0.535. The number of benzene rings is 1. The zero-order chi connectivity index (χ0) is 30.0. The molecule has 6 saturated carbocycles. The molecule has 9 aliphatic rings. The van der Waals surface area contributed by atoms with Gasteiger partial charge in [0.05, 0.1) is 22.5 Å². The predicted molar refractivity (Wildman–Crippen MR) is 173 cm³/mol. The average molecular weight is 598 g/mol. The highest BCUT2D eigenvalue weighted by Crippen LogP contribution is 2.76. The van der Waals surface area contributed by atoms with Gasteiger partial charge in [0.15, 0.2) is 0 Å². The molecule has 2 heterocycles. The van der Waals surface area contributed by atoms with Crippen LogP contribution in [-0.2, 0) is 16.6 Å². The molecule has 2 aliphatic heterocycles. The molecule has 4 heteroatoms. The van der Waals surface area contributed by atoms with Gasteiger partial charge in [0, 0.05) is 24.0 Å². The Kier molecular flexibility index (Phi) is 6.20. The van der Waals surface area contributed by atoms with Gasteiger partial charge in [-0.3, -0.25) is 0 Å². The van der Waals surface area contributed by atoms with Crippen molar-refractivity contribution in [1.82, 2.24) is 0 Å². The van der Waals surface area contributed by atoms with E-state index in [4.69, 9.17) is 10.5 Å². The fourth-order valence-electron chi connectivity index (χ4n) is 14.5. The Balaban J connectivity index is 1.31. The highest BCUT2D eigenvalue weighted by atomic mass is 16.5. The quantitative estimate of drug-likeness (QED) is 0.292. The van der Waals surface area contributed by atoms with Crippen molar-refractivity contribution < 1.29 is 14.9 Å². The summed E-state index contributed by atoms with van der Waals surface area (Å²) >= 11 is 0. The molecule has 1 aromatic carbocycles.